The van der Waals surface area contributed by atoms with Gasteiger partial charge in [-0.25, -0.2) is 0 Å². The molecule has 0 fully saturated rings. The first-order valence-electron chi connectivity index (χ1n) is 4.48. The first-order chi connectivity index (χ1) is 6.72. The number of carbonyl (C=O) groups is 2. The largest absolute Gasteiger partial charge is 0.481 e. The smallest absolute Gasteiger partial charge is 0.313 e. The zero-order chi connectivity index (χ0) is 12.1. The molecule has 0 saturated heterocycles. The lowest BCUT2D eigenvalue weighted by Gasteiger charge is -2.25. The van der Waals surface area contributed by atoms with Gasteiger partial charge in [0.25, 0.3) is 0 Å². The third kappa shape index (κ3) is 8.26. The number of nitrogens with zero attached hydrogens (tertiary/aromatic N) is 1. The Morgan fingerprint density at radius 2 is 1.87 bits per heavy atom. The molecule has 0 aliphatic heterocycles. The molecule has 1 amide bonds. The second kappa shape index (κ2) is 5.97. The molecule has 0 aliphatic carbocycles. The van der Waals surface area contributed by atoms with Crippen LogP contribution in [-0.4, -0.2) is 57.7 Å². The van der Waals surface area contributed by atoms with Crippen LogP contribution >= 0.6 is 11.8 Å². The molecule has 0 unspecified atom stereocenters. The Morgan fingerprint density at radius 1 is 1.33 bits per heavy atom. The van der Waals surface area contributed by atoms with Gasteiger partial charge in [0.05, 0.1) is 17.1 Å². The van der Waals surface area contributed by atoms with Crippen molar-refractivity contribution in [2.45, 2.75) is 19.4 Å². The van der Waals surface area contributed by atoms with E-state index in [-0.39, 0.29) is 24.0 Å². The van der Waals surface area contributed by atoms with E-state index in [9.17, 15) is 14.7 Å². The molecule has 0 aliphatic rings. The number of carboxylic acid groups (broad SMARTS) is 1. The summed E-state index contributed by atoms with van der Waals surface area (Å²) < 4.78 is 0. The summed E-state index contributed by atoms with van der Waals surface area (Å²) in [7, 11) is 1.58. The number of likely N-dealkylation sites (N-methyl/N-ethyl adjacent to an activating group) is 1. The Bertz CT molecular complexity index is 237. The Balaban J connectivity index is 3.85. The number of hydrogen-bond donors (Lipinski definition) is 2. The van der Waals surface area contributed by atoms with Crippen molar-refractivity contribution in [3.63, 3.8) is 0 Å². The summed E-state index contributed by atoms with van der Waals surface area (Å²) in [5.41, 5.74) is -0.929. The van der Waals surface area contributed by atoms with Crippen molar-refractivity contribution in [3.05, 3.63) is 0 Å². The van der Waals surface area contributed by atoms with Gasteiger partial charge < -0.3 is 15.1 Å². The van der Waals surface area contributed by atoms with Crippen LogP contribution in [0.4, 0.5) is 0 Å². The molecule has 88 valence electrons. The van der Waals surface area contributed by atoms with Crippen molar-refractivity contribution in [1.82, 2.24) is 4.90 Å². The molecule has 0 aromatic carbocycles. The van der Waals surface area contributed by atoms with Crippen LogP contribution in [0.15, 0.2) is 0 Å². The van der Waals surface area contributed by atoms with E-state index in [1.165, 1.54) is 4.90 Å². The van der Waals surface area contributed by atoms with E-state index in [0.717, 1.165) is 11.8 Å². The molecule has 15 heavy (non-hydrogen) atoms. The topological polar surface area (TPSA) is 77.8 Å². The molecule has 6 heteroatoms. The summed E-state index contributed by atoms with van der Waals surface area (Å²) in [6.45, 7) is 3.46. The third-order valence-electron chi connectivity index (χ3n) is 1.50. The summed E-state index contributed by atoms with van der Waals surface area (Å²) in [6, 6.07) is 0. The van der Waals surface area contributed by atoms with E-state index in [4.69, 9.17) is 5.11 Å². The third-order valence-corrected chi connectivity index (χ3v) is 2.40. The Morgan fingerprint density at radius 3 is 2.27 bits per heavy atom. The number of carbonyl (C=O) groups excluding carboxylic acids is 1. The van der Waals surface area contributed by atoms with E-state index in [1.807, 2.05) is 0 Å². The molecule has 2 N–H and O–H groups in total. The highest BCUT2D eigenvalue weighted by Gasteiger charge is 2.19. The normalized spacial score (nSPS) is 11.2. The fraction of sp³-hybridized carbons (Fsp3) is 0.778. The van der Waals surface area contributed by atoms with E-state index in [2.05, 4.69) is 0 Å². The van der Waals surface area contributed by atoms with Crippen LogP contribution < -0.4 is 0 Å². The maximum Gasteiger partial charge on any atom is 0.313 e. The van der Waals surface area contributed by atoms with Gasteiger partial charge in [-0.1, -0.05) is 0 Å². The Labute approximate surface area is 93.5 Å². The van der Waals surface area contributed by atoms with Gasteiger partial charge in [-0.2, -0.15) is 0 Å². The summed E-state index contributed by atoms with van der Waals surface area (Å²) >= 11 is 1.05. The van der Waals surface area contributed by atoms with Crippen molar-refractivity contribution in [1.29, 1.82) is 0 Å². The second-order valence-corrected chi connectivity index (χ2v) is 4.93. The minimum Gasteiger partial charge on any atom is -0.481 e. The fourth-order valence-electron chi connectivity index (χ4n) is 1.00. The Hall–Kier alpha value is -0.750. The molecule has 0 rings (SSSR count). The van der Waals surface area contributed by atoms with Crippen molar-refractivity contribution in [2.24, 2.45) is 0 Å². The summed E-state index contributed by atoms with van der Waals surface area (Å²) in [5, 5.41) is 17.8. The molecule has 0 heterocycles. The predicted molar refractivity (Wildman–Crippen MR) is 58.9 cm³/mol. The molecule has 5 nitrogen and oxygen atoms in total. The average molecular weight is 235 g/mol. The van der Waals surface area contributed by atoms with E-state index in [0.29, 0.717) is 0 Å². The van der Waals surface area contributed by atoms with Crippen LogP contribution in [0, 0.1) is 0 Å². The second-order valence-electron chi connectivity index (χ2n) is 3.95. The van der Waals surface area contributed by atoms with Crippen molar-refractivity contribution in [3.8, 4) is 0 Å². The predicted octanol–water partition coefficient (Wildman–Crippen LogP) is 0.0335. The minimum atomic E-state index is -0.932. The summed E-state index contributed by atoms with van der Waals surface area (Å²) in [5.74, 6) is -1.07. The SMILES string of the molecule is CN(CC(C)(C)O)C(=O)CSCC(=O)O. The molecule has 0 atom stereocenters. The maximum atomic E-state index is 11.4. The fourth-order valence-corrected chi connectivity index (χ4v) is 1.68. The van der Waals surface area contributed by atoms with E-state index in [1.54, 1.807) is 20.9 Å². The number of carboxylic acids is 1. The van der Waals surface area contributed by atoms with Crippen LogP contribution in [0.2, 0.25) is 0 Å². The van der Waals surface area contributed by atoms with Crippen molar-refractivity contribution in [2.75, 3.05) is 25.1 Å². The Kier molecular flexibility index (Phi) is 5.67. The monoisotopic (exact) mass is 235 g/mol. The molecule has 0 aromatic rings. The van der Waals surface area contributed by atoms with Crippen LogP contribution in [0.1, 0.15) is 13.8 Å². The molecule has 0 saturated carbocycles. The molecule has 0 aromatic heterocycles. The first-order valence-corrected chi connectivity index (χ1v) is 5.64. The van der Waals surface area contributed by atoms with Gasteiger partial charge in [-0.3, -0.25) is 9.59 Å². The van der Waals surface area contributed by atoms with Gasteiger partial charge in [0.1, 0.15) is 0 Å². The first kappa shape index (κ1) is 14.2. The zero-order valence-corrected chi connectivity index (χ0v) is 10.0. The van der Waals surface area contributed by atoms with Crippen LogP contribution in [0.3, 0.4) is 0 Å². The zero-order valence-electron chi connectivity index (χ0n) is 9.19. The molecular formula is C9H17NO4S. The quantitative estimate of drug-likeness (QED) is 0.679. The average Bonchev–Trinajstić information content (AvgIpc) is 1.99. The lowest BCUT2D eigenvalue weighted by atomic mass is 10.1. The maximum absolute atomic E-state index is 11.4. The van der Waals surface area contributed by atoms with Gasteiger partial charge >= 0.3 is 5.97 Å². The van der Waals surface area contributed by atoms with Crippen LogP contribution in [-0.2, 0) is 9.59 Å². The molecule has 0 spiro atoms. The number of amides is 1. The standard InChI is InChI=1S/C9H17NO4S/c1-9(2,14)6-10(3)7(11)4-15-5-8(12)13/h14H,4-6H2,1-3H3,(H,12,13). The van der Waals surface area contributed by atoms with Gasteiger partial charge in [0.2, 0.25) is 5.91 Å². The highest BCUT2D eigenvalue weighted by atomic mass is 32.2. The molecule has 0 radical (unpaired) electrons. The number of rotatable bonds is 6. The van der Waals surface area contributed by atoms with Gasteiger partial charge in [0.15, 0.2) is 0 Å². The number of aliphatic carboxylic acids is 1. The van der Waals surface area contributed by atoms with Crippen molar-refractivity contribution < 1.29 is 19.8 Å². The van der Waals surface area contributed by atoms with E-state index >= 15 is 0 Å². The lowest BCUT2D eigenvalue weighted by molar-refractivity contribution is -0.133. The van der Waals surface area contributed by atoms with Gasteiger partial charge in [-0.15, -0.1) is 11.8 Å². The minimum absolute atomic E-state index is 0.0813. The lowest BCUT2D eigenvalue weighted by Crippen LogP contribution is -2.40. The number of aliphatic hydroxyl groups is 1. The molecule has 0 bridgehead atoms. The number of thioether (sulfide) groups is 1. The number of hydrogen-bond acceptors (Lipinski definition) is 4. The van der Waals surface area contributed by atoms with Gasteiger partial charge in [-0.05, 0) is 13.8 Å². The van der Waals surface area contributed by atoms with Crippen LogP contribution in [0.5, 0.6) is 0 Å². The van der Waals surface area contributed by atoms with E-state index < -0.39 is 11.6 Å². The highest BCUT2D eigenvalue weighted by molar-refractivity contribution is 8.00. The van der Waals surface area contributed by atoms with Gasteiger partial charge in [0, 0.05) is 13.6 Å². The molecular weight excluding hydrogens is 218 g/mol. The van der Waals surface area contributed by atoms with Crippen molar-refractivity contribution >= 4 is 23.6 Å². The summed E-state index contributed by atoms with van der Waals surface area (Å²) in [4.78, 5) is 23.0. The van der Waals surface area contributed by atoms with Crippen LogP contribution in [0.25, 0.3) is 0 Å². The highest BCUT2D eigenvalue weighted by Crippen LogP contribution is 2.06. The summed E-state index contributed by atoms with van der Waals surface area (Å²) in [6.07, 6.45) is 0.